The van der Waals surface area contributed by atoms with Crippen LogP contribution in [0.5, 0.6) is 0 Å². The molecule has 0 radical (unpaired) electrons. The van der Waals surface area contributed by atoms with Gasteiger partial charge in [-0.3, -0.25) is 4.79 Å². The van der Waals surface area contributed by atoms with Crippen LogP contribution in [0.4, 0.5) is 0 Å². The topological polar surface area (TPSA) is 24.7 Å². The van der Waals surface area contributed by atoms with Crippen LogP contribution in [0.2, 0.25) is 0 Å². The van der Waals surface area contributed by atoms with Crippen molar-refractivity contribution in [3.63, 3.8) is 0 Å². The highest BCUT2D eigenvalue weighted by molar-refractivity contribution is 5.60. The number of carbonyl (C=O) groups is 1. The summed E-state index contributed by atoms with van der Waals surface area (Å²) >= 11 is 0. The molecule has 9 heavy (non-hydrogen) atoms. The van der Waals surface area contributed by atoms with Gasteiger partial charge in [-0.1, -0.05) is 0 Å². The lowest BCUT2D eigenvalue weighted by Gasteiger charge is -2.05. The van der Waals surface area contributed by atoms with Crippen molar-refractivity contribution < 1.29 is 4.79 Å². The van der Waals surface area contributed by atoms with Crippen molar-refractivity contribution in [2.24, 2.45) is 0 Å². The van der Waals surface area contributed by atoms with Crippen LogP contribution in [-0.4, -0.2) is 37.9 Å². The second kappa shape index (κ2) is 4.04. The predicted molar refractivity (Wildman–Crippen MR) is 35.0 cm³/mol. The summed E-state index contributed by atoms with van der Waals surface area (Å²) in [6, 6.07) is -0.486. The summed E-state index contributed by atoms with van der Waals surface area (Å²) in [5.41, 5.74) is 0. The molecule has 0 aromatic carbocycles. The van der Waals surface area contributed by atoms with Crippen molar-refractivity contribution in [2.75, 3.05) is 20.6 Å². The molecule has 0 spiro atoms. The molecule has 0 aliphatic carbocycles. The Hall–Kier alpha value is -0.880. The van der Waals surface area contributed by atoms with Crippen LogP contribution < -0.4 is 0 Å². The second-order valence-corrected chi connectivity index (χ2v) is 2.09. The van der Waals surface area contributed by atoms with Crippen molar-refractivity contribution in [3.8, 4) is 0 Å². The number of hydrogen-bond donors (Lipinski definition) is 0. The van der Waals surface area contributed by atoms with E-state index in [1.807, 2.05) is 19.0 Å². The smallest absolute Gasteiger partial charge is 0.290 e. The lowest BCUT2D eigenvalue weighted by Crippen LogP contribution is -2.24. The van der Waals surface area contributed by atoms with Crippen molar-refractivity contribution >= 4 is 6.29 Å². The van der Waals surface area contributed by atoms with E-state index < -0.39 is 6.04 Å². The largest absolute Gasteiger partial charge is 0.304 e. The van der Waals surface area contributed by atoms with Crippen LogP contribution in [0, 0.1) is 6.57 Å². The first-order valence-electron chi connectivity index (χ1n) is 2.67. The molecule has 0 aromatic rings. The average Bonchev–Trinajstić information content (AvgIpc) is 1.82. The average molecular weight is 126 g/mol. The predicted octanol–water partition coefficient (Wildman–Crippen LogP) is 0.0348. The molecule has 0 heterocycles. The molecule has 0 aliphatic heterocycles. The van der Waals surface area contributed by atoms with Gasteiger partial charge in [0.1, 0.15) is 0 Å². The van der Waals surface area contributed by atoms with Gasteiger partial charge in [-0.25, -0.2) is 6.57 Å². The molecule has 0 amide bonds. The van der Waals surface area contributed by atoms with E-state index in [1.54, 1.807) is 0 Å². The Morgan fingerprint density at radius 1 is 1.78 bits per heavy atom. The maximum Gasteiger partial charge on any atom is 0.290 e. The summed E-state index contributed by atoms with van der Waals surface area (Å²) < 4.78 is 0. The zero-order chi connectivity index (χ0) is 7.28. The van der Waals surface area contributed by atoms with Gasteiger partial charge in [0.2, 0.25) is 6.29 Å². The molecule has 50 valence electrons. The highest BCUT2D eigenvalue weighted by atomic mass is 16.1. The molecule has 3 nitrogen and oxygen atoms in total. The summed E-state index contributed by atoms with van der Waals surface area (Å²) in [7, 11) is 3.67. The quantitative estimate of drug-likeness (QED) is 0.394. The Kier molecular flexibility index (Phi) is 3.65. The van der Waals surface area contributed by atoms with Crippen molar-refractivity contribution in [2.45, 2.75) is 6.04 Å². The van der Waals surface area contributed by atoms with Crippen LogP contribution >= 0.6 is 0 Å². The third-order valence-corrected chi connectivity index (χ3v) is 0.875. The summed E-state index contributed by atoms with van der Waals surface area (Å²) in [6.07, 6.45) is 0.674. The van der Waals surface area contributed by atoms with Gasteiger partial charge in [0.25, 0.3) is 6.04 Å². The Labute approximate surface area is 55.1 Å². The van der Waals surface area contributed by atoms with Gasteiger partial charge in [0.15, 0.2) is 0 Å². The molecule has 0 bridgehead atoms. The second-order valence-electron chi connectivity index (χ2n) is 2.09. The molecule has 0 rings (SSSR count). The molecule has 0 saturated carbocycles. The monoisotopic (exact) mass is 126 g/mol. The normalized spacial score (nSPS) is 12.7. The minimum Gasteiger partial charge on any atom is -0.304 e. The number of nitrogens with zero attached hydrogens (tertiary/aromatic N) is 2. The van der Waals surface area contributed by atoms with Gasteiger partial charge in [0, 0.05) is 0 Å². The first-order valence-corrected chi connectivity index (χ1v) is 2.67. The van der Waals surface area contributed by atoms with Gasteiger partial charge < -0.3 is 9.74 Å². The molecule has 0 N–H and O–H groups in total. The van der Waals surface area contributed by atoms with Crippen molar-refractivity contribution in [3.05, 3.63) is 11.4 Å². The summed E-state index contributed by atoms with van der Waals surface area (Å²) in [6.45, 7) is 7.04. The number of rotatable bonds is 3. The fraction of sp³-hybridized carbons (Fsp3) is 0.667. The molecule has 0 aromatic heterocycles. The SMILES string of the molecule is [C-]#[N+]C(C=O)CN(C)C. The molecule has 0 aliphatic rings. The van der Waals surface area contributed by atoms with E-state index in [1.165, 1.54) is 0 Å². The molecule has 0 saturated heterocycles. The molecular formula is C6H10N2O. The maximum absolute atomic E-state index is 10.0. The number of carbonyl (C=O) groups excluding carboxylic acids is 1. The summed E-state index contributed by atoms with van der Waals surface area (Å²) in [5, 5.41) is 0. The molecule has 1 atom stereocenters. The molecular weight excluding hydrogens is 116 g/mol. The fourth-order valence-corrected chi connectivity index (χ4v) is 0.488. The van der Waals surface area contributed by atoms with E-state index >= 15 is 0 Å². The number of aldehydes is 1. The van der Waals surface area contributed by atoms with Crippen LogP contribution in [0.1, 0.15) is 0 Å². The standard InChI is InChI=1S/C6H10N2O/c1-7-6(5-9)4-8(2)3/h5-6H,4H2,2-3H3. The highest BCUT2D eigenvalue weighted by Crippen LogP contribution is 1.86. The Morgan fingerprint density at radius 3 is 2.44 bits per heavy atom. The maximum atomic E-state index is 10.0. The highest BCUT2D eigenvalue weighted by Gasteiger charge is 2.09. The summed E-state index contributed by atoms with van der Waals surface area (Å²) in [5.74, 6) is 0. The molecule has 1 unspecified atom stereocenters. The van der Waals surface area contributed by atoms with Gasteiger partial charge in [-0.2, -0.15) is 0 Å². The van der Waals surface area contributed by atoms with E-state index in [4.69, 9.17) is 6.57 Å². The van der Waals surface area contributed by atoms with Crippen molar-refractivity contribution in [1.82, 2.24) is 4.90 Å². The minimum atomic E-state index is -0.486. The first kappa shape index (κ1) is 8.12. The van der Waals surface area contributed by atoms with E-state index in [0.29, 0.717) is 12.8 Å². The third kappa shape index (κ3) is 3.68. The van der Waals surface area contributed by atoms with E-state index in [2.05, 4.69) is 4.85 Å². The van der Waals surface area contributed by atoms with Gasteiger partial charge in [-0.15, -0.1) is 0 Å². The van der Waals surface area contributed by atoms with Gasteiger partial charge in [0.05, 0.1) is 6.54 Å². The number of hydrogen-bond acceptors (Lipinski definition) is 2. The third-order valence-electron chi connectivity index (χ3n) is 0.875. The Morgan fingerprint density at radius 2 is 2.33 bits per heavy atom. The lowest BCUT2D eigenvalue weighted by molar-refractivity contribution is -0.108. The van der Waals surface area contributed by atoms with Crippen LogP contribution in [-0.2, 0) is 4.79 Å². The molecule has 0 fully saturated rings. The van der Waals surface area contributed by atoms with Crippen LogP contribution in [0.15, 0.2) is 0 Å². The van der Waals surface area contributed by atoms with E-state index in [-0.39, 0.29) is 0 Å². The van der Waals surface area contributed by atoms with E-state index in [0.717, 1.165) is 0 Å². The Balaban J connectivity index is 3.59. The zero-order valence-corrected chi connectivity index (χ0v) is 5.66. The van der Waals surface area contributed by atoms with Crippen molar-refractivity contribution in [1.29, 1.82) is 0 Å². The minimum absolute atomic E-state index is 0.486. The molecule has 3 heteroatoms. The number of likely N-dealkylation sites (N-methyl/N-ethyl adjacent to an activating group) is 1. The van der Waals surface area contributed by atoms with Crippen LogP contribution in [0.25, 0.3) is 4.85 Å². The van der Waals surface area contributed by atoms with Gasteiger partial charge in [-0.05, 0) is 14.1 Å². The zero-order valence-electron chi connectivity index (χ0n) is 5.66. The van der Waals surface area contributed by atoms with Gasteiger partial charge >= 0.3 is 0 Å². The van der Waals surface area contributed by atoms with E-state index in [9.17, 15) is 4.79 Å². The summed E-state index contributed by atoms with van der Waals surface area (Å²) in [4.78, 5) is 14.9. The van der Waals surface area contributed by atoms with Crippen LogP contribution in [0.3, 0.4) is 0 Å². The lowest BCUT2D eigenvalue weighted by atomic mass is 10.3. The Bertz CT molecular complexity index is 126. The fourth-order valence-electron chi connectivity index (χ4n) is 0.488. The first-order chi connectivity index (χ1) is 4.20.